The Kier molecular flexibility index (Phi) is 6.22. The Morgan fingerprint density at radius 2 is 1.86 bits per heavy atom. The van der Waals surface area contributed by atoms with Gasteiger partial charge in [0.2, 0.25) is 5.91 Å². The molecule has 1 aliphatic rings. The molecule has 2 amide bonds. The molecule has 3 rings (SSSR count). The second kappa shape index (κ2) is 8.34. The van der Waals surface area contributed by atoms with Crippen molar-refractivity contribution in [2.24, 2.45) is 0 Å². The number of aryl methyl sites for hydroxylation is 1. The van der Waals surface area contributed by atoms with Gasteiger partial charge in [-0.05, 0) is 55.7 Å². The van der Waals surface area contributed by atoms with E-state index in [0.717, 1.165) is 11.8 Å². The van der Waals surface area contributed by atoms with Gasteiger partial charge >= 0.3 is 0 Å². The van der Waals surface area contributed by atoms with Crippen LogP contribution in [0.1, 0.15) is 28.8 Å². The molecule has 0 aliphatic carbocycles. The van der Waals surface area contributed by atoms with Crippen LogP contribution >= 0.6 is 23.2 Å². The van der Waals surface area contributed by atoms with Gasteiger partial charge in [-0.3, -0.25) is 9.59 Å². The highest BCUT2D eigenvalue weighted by Gasteiger charge is 2.35. The molecule has 1 unspecified atom stereocenters. The highest BCUT2D eigenvalue weighted by atomic mass is 35.5. The first-order valence-electron chi connectivity index (χ1n) is 8.95. The predicted octanol–water partition coefficient (Wildman–Crippen LogP) is 3.95. The Morgan fingerprint density at radius 3 is 2.55 bits per heavy atom. The van der Waals surface area contributed by atoms with Gasteiger partial charge in [-0.1, -0.05) is 29.3 Å². The Bertz CT molecular complexity index is 1090. The quantitative estimate of drug-likeness (QED) is 0.757. The summed E-state index contributed by atoms with van der Waals surface area (Å²) in [6.45, 7) is 2.19. The Morgan fingerprint density at radius 1 is 1.14 bits per heavy atom. The third kappa shape index (κ3) is 4.74. The summed E-state index contributed by atoms with van der Waals surface area (Å²) in [4.78, 5) is 27.5. The number of nitrogens with zero attached hydrogens (tertiary/aromatic N) is 1. The molecule has 1 N–H and O–H groups in total. The van der Waals surface area contributed by atoms with Crippen LogP contribution < -0.4 is 5.32 Å². The minimum absolute atomic E-state index is 0.114. The monoisotopic (exact) mass is 454 g/mol. The maximum Gasteiger partial charge on any atom is 0.256 e. The molecule has 9 heteroatoms. The summed E-state index contributed by atoms with van der Waals surface area (Å²) in [5.41, 5.74) is 1.37. The van der Waals surface area contributed by atoms with Crippen LogP contribution in [-0.4, -0.2) is 44.0 Å². The minimum Gasteiger partial charge on any atom is -0.327 e. The number of carbonyl (C=O) groups excluding carboxylic acids is 2. The molecule has 1 heterocycles. The van der Waals surface area contributed by atoms with Crippen molar-refractivity contribution in [2.45, 2.75) is 30.7 Å². The lowest BCUT2D eigenvalue weighted by molar-refractivity contribution is -0.119. The molecule has 1 saturated heterocycles. The van der Waals surface area contributed by atoms with Crippen LogP contribution in [-0.2, 0) is 14.6 Å². The zero-order valence-electron chi connectivity index (χ0n) is 15.9. The van der Waals surface area contributed by atoms with Crippen LogP contribution in [0.25, 0.3) is 0 Å². The van der Waals surface area contributed by atoms with Crippen molar-refractivity contribution in [2.75, 3.05) is 18.1 Å². The van der Waals surface area contributed by atoms with E-state index >= 15 is 0 Å². The molecule has 0 radical (unpaired) electrons. The summed E-state index contributed by atoms with van der Waals surface area (Å²) >= 11 is 12.1. The highest BCUT2D eigenvalue weighted by Crippen LogP contribution is 2.28. The normalized spacial score (nSPS) is 16.7. The fourth-order valence-corrected chi connectivity index (χ4v) is 4.30. The minimum atomic E-state index is -3.41. The van der Waals surface area contributed by atoms with Crippen molar-refractivity contribution < 1.29 is 18.0 Å². The molecule has 0 spiro atoms. The molecule has 1 atom stereocenters. The number of amides is 2. The number of sulfone groups is 1. The number of rotatable bonds is 4. The zero-order chi connectivity index (χ0) is 21.3. The van der Waals surface area contributed by atoms with Gasteiger partial charge in [0.1, 0.15) is 6.04 Å². The summed E-state index contributed by atoms with van der Waals surface area (Å²) < 4.78 is 23.6. The van der Waals surface area contributed by atoms with Crippen LogP contribution in [0, 0.1) is 6.92 Å². The molecular formula is C20H20Cl2N2O4S. The van der Waals surface area contributed by atoms with Gasteiger partial charge in [0.25, 0.3) is 5.91 Å². The Balaban J connectivity index is 1.84. The lowest BCUT2D eigenvalue weighted by Crippen LogP contribution is -2.43. The number of nitrogens with one attached hydrogen (secondary N) is 1. The van der Waals surface area contributed by atoms with Gasteiger partial charge in [0.05, 0.1) is 15.5 Å². The number of carbonyl (C=O) groups is 2. The Hall–Kier alpha value is -2.09. The van der Waals surface area contributed by atoms with Gasteiger partial charge in [-0.15, -0.1) is 0 Å². The molecule has 0 saturated carbocycles. The highest BCUT2D eigenvalue weighted by molar-refractivity contribution is 7.90. The van der Waals surface area contributed by atoms with E-state index in [1.807, 2.05) is 0 Å². The third-order valence-corrected chi connectivity index (χ3v) is 6.55. The van der Waals surface area contributed by atoms with Gasteiger partial charge < -0.3 is 10.2 Å². The molecule has 2 aromatic rings. The van der Waals surface area contributed by atoms with Gasteiger partial charge in [-0.2, -0.15) is 0 Å². The van der Waals surface area contributed by atoms with E-state index in [1.165, 1.54) is 23.1 Å². The summed E-state index contributed by atoms with van der Waals surface area (Å²) in [5, 5.41) is 3.42. The van der Waals surface area contributed by atoms with Crippen molar-refractivity contribution in [1.29, 1.82) is 0 Å². The number of hydrogen-bond acceptors (Lipinski definition) is 4. The van der Waals surface area contributed by atoms with E-state index in [-0.39, 0.29) is 27.3 Å². The van der Waals surface area contributed by atoms with E-state index in [1.54, 1.807) is 25.1 Å². The summed E-state index contributed by atoms with van der Waals surface area (Å²) in [7, 11) is -3.41. The SMILES string of the molecule is Cc1ccc(S(C)(=O)=O)cc1NC(=O)C1CCCN1C(=O)c1cc(Cl)ccc1Cl. The van der Waals surface area contributed by atoms with Crippen LogP contribution in [0.15, 0.2) is 41.3 Å². The zero-order valence-corrected chi connectivity index (χ0v) is 18.2. The standard InChI is InChI=1S/C20H20Cl2N2O4S/c1-12-5-7-14(29(2,27)28)11-17(12)23-19(25)18-4-3-9-24(18)20(26)15-10-13(21)6-8-16(15)22/h5-8,10-11,18H,3-4,9H2,1-2H3,(H,23,25). The van der Waals surface area contributed by atoms with E-state index in [0.29, 0.717) is 30.1 Å². The first kappa shape index (κ1) is 21.6. The summed E-state index contributed by atoms with van der Waals surface area (Å²) in [6, 6.07) is 8.49. The first-order chi connectivity index (χ1) is 13.6. The fourth-order valence-electron chi connectivity index (χ4n) is 3.28. The Labute approximate surface area is 179 Å². The van der Waals surface area contributed by atoms with E-state index in [4.69, 9.17) is 23.2 Å². The molecule has 154 valence electrons. The largest absolute Gasteiger partial charge is 0.327 e. The first-order valence-corrected chi connectivity index (χ1v) is 11.6. The van der Waals surface area contributed by atoms with Gasteiger partial charge in [-0.25, -0.2) is 8.42 Å². The number of anilines is 1. The van der Waals surface area contributed by atoms with Crippen molar-refractivity contribution in [3.05, 3.63) is 57.6 Å². The molecule has 0 bridgehead atoms. The van der Waals surface area contributed by atoms with E-state index in [2.05, 4.69) is 5.32 Å². The molecule has 2 aromatic carbocycles. The number of hydrogen-bond donors (Lipinski definition) is 1. The second-order valence-corrected chi connectivity index (χ2v) is 9.88. The number of benzene rings is 2. The molecule has 29 heavy (non-hydrogen) atoms. The maximum absolute atomic E-state index is 13.0. The van der Waals surface area contributed by atoms with E-state index in [9.17, 15) is 18.0 Å². The lowest BCUT2D eigenvalue weighted by Gasteiger charge is -2.25. The van der Waals surface area contributed by atoms with Gasteiger partial charge in [0.15, 0.2) is 9.84 Å². The van der Waals surface area contributed by atoms with Crippen molar-refractivity contribution >= 4 is 50.5 Å². The lowest BCUT2D eigenvalue weighted by atomic mass is 10.1. The van der Waals surface area contributed by atoms with Crippen LogP contribution in [0.3, 0.4) is 0 Å². The van der Waals surface area contributed by atoms with Crippen molar-refractivity contribution in [3.63, 3.8) is 0 Å². The van der Waals surface area contributed by atoms with Crippen molar-refractivity contribution in [3.8, 4) is 0 Å². The second-order valence-electron chi connectivity index (χ2n) is 7.02. The van der Waals surface area contributed by atoms with Crippen LogP contribution in [0.4, 0.5) is 5.69 Å². The van der Waals surface area contributed by atoms with Crippen LogP contribution in [0.2, 0.25) is 10.0 Å². The van der Waals surface area contributed by atoms with E-state index < -0.39 is 15.9 Å². The van der Waals surface area contributed by atoms with Gasteiger partial charge in [0, 0.05) is 23.5 Å². The number of halogens is 2. The summed E-state index contributed by atoms with van der Waals surface area (Å²) in [6.07, 6.45) is 2.28. The number of likely N-dealkylation sites (tertiary alicyclic amines) is 1. The molecule has 1 fully saturated rings. The topological polar surface area (TPSA) is 83.6 Å². The average molecular weight is 455 g/mol. The van der Waals surface area contributed by atoms with Crippen molar-refractivity contribution in [1.82, 2.24) is 4.90 Å². The smallest absolute Gasteiger partial charge is 0.256 e. The fraction of sp³-hybridized carbons (Fsp3) is 0.300. The molecule has 1 aliphatic heterocycles. The van der Waals surface area contributed by atoms with Crippen LogP contribution in [0.5, 0.6) is 0 Å². The predicted molar refractivity (Wildman–Crippen MR) is 113 cm³/mol. The third-order valence-electron chi connectivity index (χ3n) is 4.87. The molecule has 0 aromatic heterocycles. The summed E-state index contributed by atoms with van der Waals surface area (Å²) in [5.74, 6) is -0.737. The molecular weight excluding hydrogens is 435 g/mol. The maximum atomic E-state index is 13.0. The average Bonchev–Trinajstić information content (AvgIpc) is 3.14. The molecule has 6 nitrogen and oxygen atoms in total.